The quantitative estimate of drug-likeness (QED) is 0.342. The van der Waals surface area contributed by atoms with Crippen LogP contribution in [0.3, 0.4) is 0 Å². The first kappa shape index (κ1) is 27.0. The Morgan fingerprint density at radius 1 is 1.26 bits per heavy atom. The number of fused-ring (bicyclic) bond motifs is 1. The number of carboxylic acid groups (broad SMARTS) is 1. The number of nitrogens with one attached hydrogen (secondary N) is 1. The second kappa shape index (κ2) is 10.5. The van der Waals surface area contributed by atoms with E-state index in [1.807, 2.05) is 13.8 Å². The van der Waals surface area contributed by atoms with Crippen molar-refractivity contribution in [2.75, 3.05) is 20.6 Å². The number of β-lactam (4-membered cyclic amide) rings is 1. The van der Waals surface area contributed by atoms with E-state index in [1.54, 1.807) is 43.3 Å². The zero-order valence-electron chi connectivity index (χ0n) is 22.1. The fourth-order valence-electron chi connectivity index (χ4n) is 5.95. The number of aromatic nitrogens is 4. The molecule has 3 aliphatic heterocycles. The number of carboxylic acids is 1. The molecule has 2 amide bonds. The van der Waals surface area contributed by atoms with Gasteiger partial charge in [0.05, 0.1) is 23.7 Å². The average molecular weight is 554 g/mol. The van der Waals surface area contributed by atoms with Crippen LogP contribution in [0.2, 0.25) is 0 Å². The van der Waals surface area contributed by atoms with Crippen LogP contribution in [-0.2, 0) is 14.4 Å². The lowest BCUT2D eigenvalue weighted by molar-refractivity contribution is -0.159. The molecule has 2 fully saturated rings. The van der Waals surface area contributed by atoms with E-state index < -0.39 is 11.9 Å². The summed E-state index contributed by atoms with van der Waals surface area (Å²) in [6.07, 6.45) is 2.12. The van der Waals surface area contributed by atoms with Gasteiger partial charge in [-0.15, -0.1) is 16.9 Å². The highest BCUT2D eigenvalue weighted by Gasteiger charge is 2.60. The van der Waals surface area contributed by atoms with Gasteiger partial charge >= 0.3 is 5.97 Å². The Kier molecular flexibility index (Phi) is 7.29. The molecule has 1 aromatic heterocycles. The topological polar surface area (TPSA) is 151 Å². The highest BCUT2D eigenvalue weighted by atomic mass is 32.2. The highest BCUT2D eigenvalue weighted by molar-refractivity contribution is 8.03. The van der Waals surface area contributed by atoms with E-state index in [0.717, 1.165) is 0 Å². The number of thioether (sulfide) groups is 1. The van der Waals surface area contributed by atoms with E-state index in [9.17, 15) is 24.3 Å². The average Bonchev–Trinajstić information content (AvgIpc) is 3.64. The maximum atomic E-state index is 13.3. The molecule has 13 heteroatoms. The monoisotopic (exact) mass is 553 g/mol. The summed E-state index contributed by atoms with van der Waals surface area (Å²) in [6, 6.07) is 6.39. The minimum atomic E-state index is -1.13. The molecule has 2 N–H and O–H groups in total. The lowest BCUT2D eigenvalue weighted by Crippen LogP contribution is -2.62. The second-order valence-electron chi connectivity index (χ2n) is 10.6. The summed E-state index contributed by atoms with van der Waals surface area (Å²) in [7, 11) is 3.42. The van der Waals surface area contributed by atoms with Crippen molar-refractivity contribution in [1.82, 2.24) is 35.3 Å². The molecule has 0 unspecified atom stereocenters. The Morgan fingerprint density at radius 2 is 2.00 bits per heavy atom. The van der Waals surface area contributed by atoms with Crippen molar-refractivity contribution in [3.63, 3.8) is 0 Å². The van der Waals surface area contributed by atoms with Gasteiger partial charge in [0.25, 0.3) is 0 Å². The number of carbonyl (C=O) groups is 4. The molecule has 4 heterocycles. The van der Waals surface area contributed by atoms with Crippen molar-refractivity contribution >= 4 is 35.3 Å². The van der Waals surface area contributed by atoms with Gasteiger partial charge in [0, 0.05) is 48.7 Å². The number of ketones is 1. The summed E-state index contributed by atoms with van der Waals surface area (Å²) in [6.45, 7) is 4.39. The van der Waals surface area contributed by atoms with Crippen LogP contribution in [0.1, 0.15) is 37.0 Å². The van der Waals surface area contributed by atoms with Crippen LogP contribution in [0.25, 0.3) is 5.69 Å². The van der Waals surface area contributed by atoms with Gasteiger partial charge in [-0.2, -0.15) is 4.68 Å². The van der Waals surface area contributed by atoms with Crippen molar-refractivity contribution in [2.24, 2.45) is 17.8 Å². The van der Waals surface area contributed by atoms with E-state index in [1.165, 1.54) is 27.7 Å². The molecule has 0 radical (unpaired) electrons. The summed E-state index contributed by atoms with van der Waals surface area (Å²) >= 11 is 1.45. The minimum absolute atomic E-state index is 0.00998. The number of nitrogens with zero attached hydrogens (tertiary/aromatic N) is 6. The fourth-order valence-corrected chi connectivity index (χ4v) is 7.43. The van der Waals surface area contributed by atoms with Gasteiger partial charge in [-0.05, 0) is 34.9 Å². The van der Waals surface area contributed by atoms with Crippen molar-refractivity contribution in [1.29, 1.82) is 0 Å². The molecule has 3 aliphatic rings. The molecule has 0 spiro atoms. The SMILES string of the molecule is C[C@@H](CC(=O)c1ccccc1-n1cnnn1)[C@H]1C(=O)N2C(C(=O)O)=C(S[C@@H]3CN[C@H](C(=O)N(C)C)C3)[C@H](C)[C@H]12. The van der Waals surface area contributed by atoms with Crippen LogP contribution in [0.5, 0.6) is 0 Å². The Balaban J connectivity index is 1.31. The van der Waals surface area contributed by atoms with Crippen molar-refractivity contribution in [2.45, 2.75) is 44.0 Å². The van der Waals surface area contributed by atoms with E-state index in [-0.39, 0.29) is 58.9 Å². The normalized spacial score (nSPS) is 26.8. The van der Waals surface area contributed by atoms with Crippen LogP contribution < -0.4 is 5.32 Å². The predicted octanol–water partition coefficient (Wildman–Crippen LogP) is 1.20. The maximum absolute atomic E-state index is 13.3. The zero-order chi connectivity index (χ0) is 28.0. The summed E-state index contributed by atoms with van der Waals surface area (Å²) in [4.78, 5) is 55.0. The Morgan fingerprint density at radius 3 is 2.67 bits per heavy atom. The number of hydrogen-bond donors (Lipinski definition) is 2. The molecule has 5 rings (SSSR count). The van der Waals surface area contributed by atoms with E-state index in [4.69, 9.17) is 0 Å². The molecule has 0 aliphatic carbocycles. The maximum Gasteiger partial charge on any atom is 0.353 e. The van der Waals surface area contributed by atoms with Crippen molar-refractivity contribution < 1.29 is 24.3 Å². The van der Waals surface area contributed by atoms with Crippen LogP contribution in [-0.4, -0.2) is 96.7 Å². The van der Waals surface area contributed by atoms with Gasteiger partial charge in [-0.25, -0.2) is 4.79 Å². The smallest absolute Gasteiger partial charge is 0.353 e. The molecule has 206 valence electrons. The number of aliphatic carboxylic acids is 1. The summed E-state index contributed by atoms with van der Waals surface area (Å²) in [5.74, 6) is -2.52. The molecule has 0 bridgehead atoms. The largest absolute Gasteiger partial charge is 0.477 e. The molecule has 2 aromatic rings. The van der Waals surface area contributed by atoms with Gasteiger partial charge in [-0.1, -0.05) is 26.0 Å². The van der Waals surface area contributed by atoms with Crippen LogP contribution in [0.4, 0.5) is 0 Å². The lowest BCUT2D eigenvalue weighted by atomic mass is 9.73. The van der Waals surface area contributed by atoms with Crippen molar-refractivity contribution in [3.05, 3.63) is 46.8 Å². The molecule has 2 saturated heterocycles. The Labute approximate surface area is 229 Å². The lowest BCUT2D eigenvalue weighted by Gasteiger charge is -2.47. The number of para-hydroxylation sites is 1. The molecular formula is C26H31N7O5S. The Bertz CT molecular complexity index is 1340. The van der Waals surface area contributed by atoms with Crippen LogP contribution in [0.15, 0.2) is 41.2 Å². The number of hydrogen-bond acceptors (Lipinski definition) is 9. The number of likely N-dealkylation sites (N-methyl/N-ethyl adjacent to an activating group) is 1. The zero-order valence-corrected chi connectivity index (χ0v) is 23.0. The van der Waals surface area contributed by atoms with E-state index in [2.05, 4.69) is 20.8 Å². The fraction of sp³-hybridized carbons (Fsp3) is 0.500. The number of Topliss-reactive ketones (excluding diaryl/α,β-unsaturated/α-hetero) is 1. The number of amides is 2. The second-order valence-corrected chi connectivity index (χ2v) is 11.9. The highest BCUT2D eigenvalue weighted by Crippen LogP contribution is 2.53. The van der Waals surface area contributed by atoms with Gasteiger partial charge in [0.15, 0.2) is 5.78 Å². The third-order valence-corrected chi connectivity index (χ3v) is 9.35. The first-order valence-electron chi connectivity index (χ1n) is 12.9. The van der Waals surface area contributed by atoms with Gasteiger partial charge < -0.3 is 20.2 Å². The van der Waals surface area contributed by atoms with Gasteiger partial charge in [0.1, 0.15) is 12.0 Å². The molecule has 39 heavy (non-hydrogen) atoms. The third kappa shape index (κ3) is 4.73. The summed E-state index contributed by atoms with van der Waals surface area (Å²) in [5.41, 5.74) is 1.04. The third-order valence-electron chi connectivity index (χ3n) is 7.84. The molecular weight excluding hydrogens is 522 g/mol. The number of rotatable bonds is 9. The number of tetrazole rings is 1. The molecule has 1 aromatic carbocycles. The van der Waals surface area contributed by atoms with E-state index in [0.29, 0.717) is 29.1 Å². The molecule has 6 atom stereocenters. The summed E-state index contributed by atoms with van der Waals surface area (Å²) < 4.78 is 1.42. The number of carbonyl (C=O) groups excluding carboxylic acids is 3. The Hall–Kier alpha value is -3.58. The number of benzene rings is 1. The van der Waals surface area contributed by atoms with Crippen LogP contribution in [0, 0.1) is 17.8 Å². The molecule has 12 nitrogen and oxygen atoms in total. The van der Waals surface area contributed by atoms with E-state index >= 15 is 0 Å². The molecule has 0 saturated carbocycles. The first-order chi connectivity index (χ1) is 18.6. The minimum Gasteiger partial charge on any atom is -0.477 e. The van der Waals surface area contributed by atoms with Crippen molar-refractivity contribution in [3.8, 4) is 5.69 Å². The first-order valence-corrected chi connectivity index (χ1v) is 13.7. The van der Waals surface area contributed by atoms with Gasteiger partial charge in [0.2, 0.25) is 11.8 Å². The van der Waals surface area contributed by atoms with Crippen LogP contribution >= 0.6 is 11.8 Å². The standard InChI is InChI=1S/C26H31N7O5S/c1-13(9-19(34)16-7-5-6-8-18(16)32-12-28-29-30-32)20-21-14(2)23(22(26(37)38)33(21)25(20)36)39-15-10-17(27-11-15)24(35)31(3)4/h5-8,12-15,17,20-21,27H,9-11H2,1-4H3,(H,37,38)/t13-,14+,15-,17-,20+,21+/m0/s1. The van der Waals surface area contributed by atoms with Gasteiger partial charge in [-0.3, -0.25) is 14.4 Å². The summed E-state index contributed by atoms with van der Waals surface area (Å²) in [5, 5.41) is 24.5. The predicted molar refractivity (Wildman–Crippen MR) is 142 cm³/mol.